The minimum absolute atomic E-state index is 0.00925. The molecule has 25 heavy (non-hydrogen) atoms. The molecule has 0 aliphatic carbocycles. The van der Waals surface area contributed by atoms with E-state index in [0.717, 1.165) is 0 Å². The van der Waals surface area contributed by atoms with Crippen LogP contribution in [0.1, 0.15) is 79.1 Å². The van der Waals surface area contributed by atoms with Gasteiger partial charge in [0.25, 0.3) is 0 Å². The second-order valence-corrected chi connectivity index (χ2v) is 13.7. The van der Waals surface area contributed by atoms with Gasteiger partial charge >= 0.3 is 153 Å². The summed E-state index contributed by atoms with van der Waals surface area (Å²) in [6, 6.07) is 0. The van der Waals surface area contributed by atoms with E-state index in [0.29, 0.717) is 0 Å². The molecule has 146 valence electrons. The van der Waals surface area contributed by atoms with Crippen LogP contribution in [-0.4, -0.2) is 38.9 Å². The SMILES string of the molecule is CCCCP(CCCC)(CCCC)(CCCC)n1cnc([N+](=O)[O-])c1. The predicted molar refractivity (Wildman–Crippen MR) is 110 cm³/mol. The first-order valence-corrected chi connectivity index (χ1v) is 13.1. The summed E-state index contributed by atoms with van der Waals surface area (Å²) in [7, 11) is 0. The average molecular weight is 372 g/mol. The molecular weight excluding hydrogens is 333 g/mol. The van der Waals surface area contributed by atoms with Crippen LogP contribution in [0.15, 0.2) is 12.5 Å². The summed E-state index contributed by atoms with van der Waals surface area (Å²) in [6.07, 6.45) is 18.0. The predicted octanol–water partition coefficient (Wildman–Crippen LogP) is 6.31. The Hall–Kier alpha value is -0.960. The molecule has 0 saturated carbocycles. The van der Waals surface area contributed by atoms with Crippen LogP contribution in [0.2, 0.25) is 0 Å². The van der Waals surface area contributed by atoms with Gasteiger partial charge in [-0.05, 0) is 0 Å². The van der Waals surface area contributed by atoms with Crippen LogP contribution in [0, 0.1) is 10.1 Å². The van der Waals surface area contributed by atoms with E-state index in [1.165, 1.54) is 76.0 Å². The molecule has 6 heteroatoms. The minimum atomic E-state index is -2.28. The van der Waals surface area contributed by atoms with E-state index >= 15 is 0 Å². The monoisotopic (exact) mass is 371 g/mol. The zero-order chi connectivity index (χ0) is 18.8. The number of imidazole rings is 1. The maximum absolute atomic E-state index is 11.2. The van der Waals surface area contributed by atoms with Gasteiger partial charge in [0, 0.05) is 0 Å². The number of hydrogen-bond donors (Lipinski definition) is 0. The van der Waals surface area contributed by atoms with E-state index in [1.807, 2.05) is 0 Å². The number of aromatic nitrogens is 2. The van der Waals surface area contributed by atoms with Crippen molar-refractivity contribution in [3.63, 3.8) is 0 Å². The second-order valence-electron chi connectivity index (χ2n) is 7.58. The van der Waals surface area contributed by atoms with Gasteiger partial charge in [0.05, 0.1) is 0 Å². The first-order chi connectivity index (χ1) is 12.0. The third-order valence-electron chi connectivity index (χ3n) is 5.74. The quantitative estimate of drug-likeness (QED) is 0.219. The third kappa shape index (κ3) is 5.26. The van der Waals surface area contributed by atoms with Crippen LogP contribution in [0.3, 0.4) is 0 Å². The van der Waals surface area contributed by atoms with Crippen molar-refractivity contribution >= 4 is 12.6 Å². The van der Waals surface area contributed by atoms with E-state index in [1.54, 1.807) is 12.5 Å². The molecule has 0 aromatic carbocycles. The molecule has 0 saturated heterocycles. The van der Waals surface area contributed by atoms with Crippen molar-refractivity contribution in [1.29, 1.82) is 0 Å². The summed E-state index contributed by atoms with van der Waals surface area (Å²) in [4.78, 5) is 15.1. The Kier molecular flexibility index (Phi) is 9.06. The molecule has 1 heterocycles. The Morgan fingerprint density at radius 2 is 1.32 bits per heavy atom. The fourth-order valence-electron chi connectivity index (χ4n) is 4.10. The van der Waals surface area contributed by atoms with Gasteiger partial charge in [0.15, 0.2) is 0 Å². The molecule has 0 aliphatic rings. The van der Waals surface area contributed by atoms with Crippen molar-refractivity contribution in [1.82, 2.24) is 9.32 Å². The summed E-state index contributed by atoms with van der Waals surface area (Å²) >= 11 is 0. The maximum atomic E-state index is 11.2. The summed E-state index contributed by atoms with van der Waals surface area (Å²) < 4.78 is 2.29. The fraction of sp³-hybridized carbons (Fsp3) is 0.842. The van der Waals surface area contributed by atoms with E-state index in [-0.39, 0.29) is 10.7 Å². The third-order valence-corrected chi connectivity index (χ3v) is 13.1. The number of nitro groups is 1. The van der Waals surface area contributed by atoms with Crippen LogP contribution < -0.4 is 0 Å². The molecule has 0 fully saturated rings. The molecule has 0 atom stereocenters. The Labute approximate surface area is 153 Å². The summed E-state index contributed by atoms with van der Waals surface area (Å²) in [5.41, 5.74) is 0. The molecule has 1 aromatic rings. The summed E-state index contributed by atoms with van der Waals surface area (Å²) in [5, 5.41) is 11.2. The molecule has 0 bridgehead atoms. The van der Waals surface area contributed by atoms with Gasteiger partial charge in [-0.3, -0.25) is 0 Å². The van der Waals surface area contributed by atoms with Crippen molar-refractivity contribution in [3.05, 3.63) is 22.6 Å². The number of unbranched alkanes of at least 4 members (excludes halogenated alkanes) is 4. The number of nitrogens with zero attached hydrogens (tertiary/aromatic N) is 3. The normalized spacial score (nSPS) is 13.5. The molecule has 0 aliphatic heterocycles. The van der Waals surface area contributed by atoms with Crippen LogP contribution >= 0.6 is 6.75 Å². The summed E-state index contributed by atoms with van der Waals surface area (Å²) in [6.45, 7) is 6.72. The molecular formula is C19H38N3O2P. The number of rotatable bonds is 14. The van der Waals surface area contributed by atoms with Gasteiger partial charge < -0.3 is 0 Å². The van der Waals surface area contributed by atoms with Crippen LogP contribution in [0.25, 0.3) is 0 Å². The fourth-order valence-corrected chi connectivity index (χ4v) is 11.6. The van der Waals surface area contributed by atoms with E-state index in [2.05, 4.69) is 37.0 Å². The van der Waals surface area contributed by atoms with Gasteiger partial charge in [-0.1, -0.05) is 0 Å². The first-order valence-electron chi connectivity index (χ1n) is 10.2. The average Bonchev–Trinajstić information content (AvgIpc) is 3.13. The van der Waals surface area contributed by atoms with E-state index in [4.69, 9.17) is 0 Å². The van der Waals surface area contributed by atoms with E-state index in [9.17, 15) is 10.1 Å². The standard InChI is InChI=1S/C19H38N3O2P/c1-5-9-13-25(14-10-6-2,15-11-7-3,16-12-8-4)21-17-19(20-18-21)22(23)24/h17-18H,5-16H2,1-4H3. The zero-order valence-corrected chi connectivity index (χ0v) is 17.6. The van der Waals surface area contributed by atoms with Crippen molar-refractivity contribution in [2.75, 3.05) is 24.6 Å². The molecule has 0 N–H and O–H groups in total. The van der Waals surface area contributed by atoms with E-state index < -0.39 is 6.75 Å². The van der Waals surface area contributed by atoms with Gasteiger partial charge in [-0.2, -0.15) is 0 Å². The molecule has 5 nitrogen and oxygen atoms in total. The van der Waals surface area contributed by atoms with Crippen molar-refractivity contribution in [2.24, 2.45) is 0 Å². The molecule has 0 unspecified atom stereocenters. The Balaban J connectivity index is 3.48. The first kappa shape index (κ1) is 22.1. The topological polar surface area (TPSA) is 61.0 Å². The second kappa shape index (κ2) is 10.3. The van der Waals surface area contributed by atoms with Crippen molar-refractivity contribution < 1.29 is 4.92 Å². The van der Waals surface area contributed by atoms with Gasteiger partial charge in [-0.25, -0.2) is 0 Å². The molecule has 1 aromatic heterocycles. The molecule has 0 spiro atoms. The number of hydrogen-bond acceptors (Lipinski definition) is 3. The van der Waals surface area contributed by atoms with Gasteiger partial charge in [0.1, 0.15) is 0 Å². The molecule has 0 radical (unpaired) electrons. The molecule has 1 rings (SSSR count). The molecule has 0 amide bonds. The summed E-state index contributed by atoms with van der Waals surface area (Å²) in [5.74, 6) is 0.00925. The van der Waals surface area contributed by atoms with Gasteiger partial charge in [-0.15, -0.1) is 0 Å². The van der Waals surface area contributed by atoms with Crippen LogP contribution in [0.5, 0.6) is 0 Å². The Bertz CT molecular complexity index is 487. The van der Waals surface area contributed by atoms with Crippen LogP contribution in [-0.2, 0) is 0 Å². The van der Waals surface area contributed by atoms with Crippen molar-refractivity contribution in [3.8, 4) is 0 Å². The Morgan fingerprint density at radius 1 is 0.920 bits per heavy atom. The van der Waals surface area contributed by atoms with Gasteiger partial charge in [0.2, 0.25) is 0 Å². The zero-order valence-electron chi connectivity index (χ0n) is 16.7. The van der Waals surface area contributed by atoms with Crippen LogP contribution in [0.4, 0.5) is 5.82 Å². The Morgan fingerprint density at radius 3 is 1.60 bits per heavy atom. The van der Waals surface area contributed by atoms with Crippen molar-refractivity contribution in [2.45, 2.75) is 79.1 Å².